The van der Waals surface area contributed by atoms with E-state index in [1.807, 2.05) is 6.07 Å². The van der Waals surface area contributed by atoms with Crippen molar-refractivity contribution in [2.24, 2.45) is 0 Å². The molecule has 1 aliphatic rings. The third-order valence-electron chi connectivity index (χ3n) is 5.12. The molecule has 0 radical (unpaired) electrons. The smallest absolute Gasteiger partial charge is 0.241 e. The van der Waals surface area contributed by atoms with E-state index >= 15 is 0 Å². The number of aliphatic hydroxyl groups excluding tert-OH is 1. The standard InChI is InChI=1S/C23H19FN4O3/c24-17-4-6-18(7-5-17)28-22(30)23(13-31-14-23)20-9-8-19(12-26-20)27-21(29)16-3-1-2-15(10-16)11-25/h1-10,12,21,27,29H,13-14H2,(H,28,30). The van der Waals surface area contributed by atoms with Gasteiger partial charge in [-0.1, -0.05) is 12.1 Å². The summed E-state index contributed by atoms with van der Waals surface area (Å²) in [5.41, 5.74) is 1.63. The van der Waals surface area contributed by atoms with Gasteiger partial charge in [0.15, 0.2) is 6.23 Å². The normalized spacial score (nSPS) is 15.3. The molecular weight excluding hydrogens is 399 g/mol. The summed E-state index contributed by atoms with van der Waals surface area (Å²) in [4.78, 5) is 17.3. The van der Waals surface area contributed by atoms with Gasteiger partial charge in [-0.15, -0.1) is 0 Å². The van der Waals surface area contributed by atoms with E-state index in [0.717, 1.165) is 0 Å². The second kappa shape index (κ2) is 8.52. The zero-order chi connectivity index (χ0) is 21.8. The average Bonchev–Trinajstić information content (AvgIpc) is 2.76. The summed E-state index contributed by atoms with van der Waals surface area (Å²) in [7, 11) is 0. The fourth-order valence-corrected chi connectivity index (χ4v) is 3.27. The van der Waals surface area contributed by atoms with Gasteiger partial charge in [-0.05, 0) is 48.5 Å². The van der Waals surface area contributed by atoms with Gasteiger partial charge in [-0.3, -0.25) is 9.78 Å². The summed E-state index contributed by atoms with van der Waals surface area (Å²) in [5, 5.41) is 25.1. The first-order valence-corrected chi connectivity index (χ1v) is 9.56. The number of carbonyl (C=O) groups is 1. The quantitative estimate of drug-likeness (QED) is 0.531. The predicted octanol–water partition coefficient (Wildman–Crippen LogP) is 3.10. The summed E-state index contributed by atoms with van der Waals surface area (Å²) in [6.07, 6.45) is 0.501. The van der Waals surface area contributed by atoms with Gasteiger partial charge >= 0.3 is 0 Å². The summed E-state index contributed by atoms with van der Waals surface area (Å²) < 4.78 is 18.4. The summed E-state index contributed by atoms with van der Waals surface area (Å²) in [6.45, 7) is 0.368. The molecule has 2 aromatic carbocycles. The molecule has 1 atom stereocenters. The molecule has 1 fully saturated rings. The third kappa shape index (κ3) is 4.23. The molecule has 1 saturated heterocycles. The second-order valence-electron chi connectivity index (χ2n) is 7.25. The van der Waals surface area contributed by atoms with E-state index in [1.54, 1.807) is 36.4 Å². The maximum Gasteiger partial charge on any atom is 0.241 e. The van der Waals surface area contributed by atoms with Crippen molar-refractivity contribution in [1.29, 1.82) is 5.26 Å². The lowest BCUT2D eigenvalue weighted by molar-refractivity contribution is -0.140. The Morgan fingerprint density at radius 1 is 1.16 bits per heavy atom. The molecule has 1 aromatic heterocycles. The molecule has 3 N–H and O–H groups in total. The van der Waals surface area contributed by atoms with Gasteiger partial charge in [0, 0.05) is 11.3 Å². The molecule has 0 spiro atoms. The number of pyridine rings is 1. The number of halogens is 1. The highest BCUT2D eigenvalue weighted by Gasteiger charge is 2.48. The number of nitrogens with zero attached hydrogens (tertiary/aromatic N) is 2. The van der Waals surface area contributed by atoms with E-state index in [-0.39, 0.29) is 24.9 Å². The van der Waals surface area contributed by atoms with Crippen molar-refractivity contribution in [3.63, 3.8) is 0 Å². The first kappa shape index (κ1) is 20.5. The lowest BCUT2D eigenvalue weighted by Crippen LogP contribution is -2.56. The van der Waals surface area contributed by atoms with Crippen LogP contribution in [0.5, 0.6) is 0 Å². The number of ether oxygens (including phenoxy) is 1. The minimum absolute atomic E-state index is 0.184. The Morgan fingerprint density at radius 3 is 2.52 bits per heavy atom. The predicted molar refractivity (Wildman–Crippen MR) is 112 cm³/mol. The highest BCUT2D eigenvalue weighted by Crippen LogP contribution is 2.33. The number of anilines is 2. The average molecular weight is 418 g/mol. The van der Waals surface area contributed by atoms with Gasteiger partial charge in [-0.2, -0.15) is 5.26 Å². The summed E-state index contributed by atoms with van der Waals surface area (Å²) >= 11 is 0. The van der Waals surface area contributed by atoms with Crippen molar-refractivity contribution in [2.45, 2.75) is 11.6 Å². The van der Waals surface area contributed by atoms with E-state index in [0.29, 0.717) is 28.2 Å². The Balaban J connectivity index is 1.47. The fraction of sp³-hybridized carbons (Fsp3) is 0.174. The zero-order valence-electron chi connectivity index (χ0n) is 16.4. The van der Waals surface area contributed by atoms with Crippen molar-refractivity contribution in [2.75, 3.05) is 23.8 Å². The van der Waals surface area contributed by atoms with Crippen LogP contribution >= 0.6 is 0 Å². The van der Waals surface area contributed by atoms with Crippen LogP contribution in [-0.2, 0) is 14.9 Å². The van der Waals surface area contributed by atoms with Crippen LogP contribution in [0.3, 0.4) is 0 Å². The summed E-state index contributed by atoms with van der Waals surface area (Å²) in [6, 6.07) is 17.6. The van der Waals surface area contributed by atoms with Crippen molar-refractivity contribution >= 4 is 17.3 Å². The van der Waals surface area contributed by atoms with Crippen LogP contribution in [-0.4, -0.2) is 29.2 Å². The van der Waals surface area contributed by atoms with Crippen molar-refractivity contribution in [3.05, 3.63) is 89.5 Å². The van der Waals surface area contributed by atoms with Crippen LogP contribution in [0.4, 0.5) is 15.8 Å². The number of hydrogen-bond acceptors (Lipinski definition) is 6. The Hall–Kier alpha value is -3.80. The van der Waals surface area contributed by atoms with Crippen LogP contribution in [0.15, 0.2) is 66.9 Å². The molecule has 8 heteroatoms. The van der Waals surface area contributed by atoms with Gasteiger partial charge in [0.25, 0.3) is 0 Å². The fourth-order valence-electron chi connectivity index (χ4n) is 3.27. The number of nitriles is 1. The largest absolute Gasteiger partial charge is 0.378 e. The summed E-state index contributed by atoms with van der Waals surface area (Å²) in [5.74, 6) is -0.669. The first-order chi connectivity index (χ1) is 15.0. The van der Waals surface area contributed by atoms with E-state index in [1.165, 1.54) is 30.5 Å². The third-order valence-corrected chi connectivity index (χ3v) is 5.12. The Morgan fingerprint density at radius 2 is 1.90 bits per heavy atom. The van der Waals surface area contributed by atoms with Crippen molar-refractivity contribution in [1.82, 2.24) is 4.98 Å². The molecule has 7 nitrogen and oxygen atoms in total. The first-order valence-electron chi connectivity index (χ1n) is 9.56. The highest BCUT2D eigenvalue weighted by atomic mass is 19.1. The molecule has 31 heavy (non-hydrogen) atoms. The number of aliphatic hydroxyl groups is 1. The van der Waals surface area contributed by atoms with Gasteiger partial charge in [0.05, 0.1) is 42.4 Å². The second-order valence-corrected chi connectivity index (χ2v) is 7.25. The van der Waals surface area contributed by atoms with Gasteiger partial charge in [0.2, 0.25) is 5.91 Å². The molecule has 0 saturated carbocycles. The maximum atomic E-state index is 13.1. The maximum absolute atomic E-state index is 13.1. The molecule has 1 unspecified atom stereocenters. The van der Waals surface area contributed by atoms with Gasteiger partial charge in [0.1, 0.15) is 11.2 Å². The molecule has 0 aliphatic carbocycles. The number of hydrogen-bond donors (Lipinski definition) is 3. The highest BCUT2D eigenvalue weighted by molar-refractivity contribution is 5.99. The number of benzene rings is 2. The van der Waals surface area contributed by atoms with Crippen LogP contribution in [0.25, 0.3) is 0 Å². The van der Waals surface area contributed by atoms with E-state index < -0.39 is 11.6 Å². The minimum atomic E-state index is -1.02. The molecule has 2 heterocycles. The Bertz CT molecular complexity index is 1120. The Kier molecular flexibility index (Phi) is 5.62. The van der Waals surface area contributed by atoms with E-state index in [4.69, 9.17) is 10.00 Å². The lowest BCUT2D eigenvalue weighted by atomic mass is 9.81. The molecule has 3 aromatic rings. The number of amides is 1. The molecule has 156 valence electrons. The number of nitrogens with one attached hydrogen (secondary N) is 2. The number of aromatic nitrogens is 1. The number of carbonyl (C=O) groups excluding carboxylic acids is 1. The van der Waals surface area contributed by atoms with Gasteiger partial charge in [-0.25, -0.2) is 4.39 Å². The monoisotopic (exact) mass is 418 g/mol. The van der Waals surface area contributed by atoms with Crippen molar-refractivity contribution in [3.8, 4) is 6.07 Å². The number of rotatable bonds is 6. The Labute approximate surface area is 178 Å². The van der Waals surface area contributed by atoms with Gasteiger partial charge < -0.3 is 20.5 Å². The minimum Gasteiger partial charge on any atom is -0.378 e. The van der Waals surface area contributed by atoms with E-state index in [9.17, 15) is 14.3 Å². The topological polar surface area (TPSA) is 107 Å². The molecule has 1 amide bonds. The SMILES string of the molecule is N#Cc1cccc(C(O)Nc2ccc(C3(C(=O)Nc4ccc(F)cc4)COC3)nc2)c1. The molecule has 1 aliphatic heterocycles. The molecular formula is C23H19FN4O3. The zero-order valence-corrected chi connectivity index (χ0v) is 16.4. The van der Waals surface area contributed by atoms with Crippen LogP contribution in [0, 0.1) is 17.1 Å². The van der Waals surface area contributed by atoms with Crippen LogP contribution in [0.1, 0.15) is 23.0 Å². The van der Waals surface area contributed by atoms with Crippen LogP contribution in [0.2, 0.25) is 0 Å². The van der Waals surface area contributed by atoms with E-state index in [2.05, 4.69) is 15.6 Å². The molecule has 0 bridgehead atoms. The van der Waals surface area contributed by atoms with Crippen molar-refractivity contribution < 1.29 is 19.0 Å². The molecule has 4 rings (SSSR count). The van der Waals surface area contributed by atoms with Crippen LogP contribution < -0.4 is 10.6 Å². The lowest BCUT2D eigenvalue weighted by Gasteiger charge is -2.39.